The summed E-state index contributed by atoms with van der Waals surface area (Å²) in [5.74, 6) is 0. The van der Waals surface area contributed by atoms with Crippen LogP contribution in [0.2, 0.25) is 0 Å². The van der Waals surface area contributed by atoms with Gasteiger partial charge in [0.25, 0.3) is 5.70 Å². The number of allylic oxidation sites excluding steroid dienone is 4. The minimum atomic E-state index is 0.182. The normalized spacial score (nSPS) is 23.1. The highest BCUT2D eigenvalue weighted by Crippen LogP contribution is 2.38. The summed E-state index contributed by atoms with van der Waals surface area (Å²) < 4.78 is 0. The van der Waals surface area contributed by atoms with Crippen LogP contribution in [-0.2, 0) is 0 Å². The van der Waals surface area contributed by atoms with Gasteiger partial charge in [-0.05, 0) is 30.8 Å². The van der Waals surface area contributed by atoms with E-state index in [2.05, 4.69) is 25.6 Å². The quantitative estimate of drug-likeness (QED) is 0.420. The van der Waals surface area contributed by atoms with Crippen LogP contribution in [-0.4, -0.2) is 0 Å². The summed E-state index contributed by atoms with van der Waals surface area (Å²) in [5.41, 5.74) is 2.59. The minimum Gasteiger partial charge on any atom is -0.226 e. The molecule has 1 aliphatic rings. The first-order valence-electron chi connectivity index (χ1n) is 4.66. The first-order valence-corrected chi connectivity index (χ1v) is 4.66. The van der Waals surface area contributed by atoms with Gasteiger partial charge in [0, 0.05) is 0 Å². The number of hydrogen-bond donors (Lipinski definition) is 0. The SMILES string of the molecule is [C-]#[N+]/C(C#N)=C1\C=C(C)CC(C)(C)C1. The van der Waals surface area contributed by atoms with Crippen LogP contribution >= 0.6 is 0 Å². The van der Waals surface area contributed by atoms with Crippen molar-refractivity contribution in [2.45, 2.75) is 33.6 Å². The van der Waals surface area contributed by atoms with E-state index in [-0.39, 0.29) is 11.1 Å². The first-order chi connectivity index (χ1) is 6.48. The standard InChI is InChI=1S/C12H14N2/c1-9-5-10(11(8-13)14-4)7-12(2,3)6-9/h5H,6-7H2,1-3H3/b11-10+. The Morgan fingerprint density at radius 2 is 2.21 bits per heavy atom. The van der Waals surface area contributed by atoms with Gasteiger partial charge in [0.2, 0.25) is 0 Å². The summed E-state index contributed by atoms with van der Waals surface area (Å²) in [4.78, 5) is 3.25. The molecule has 0 bridgehead atoms. The maximum Gasteiger partial charge on any atom is 0.265 e. The molecule has 0 saturated carbocycles. The van der Waals surface area contributed by atoms with Crippen LogP contribution in [0.25, 0.3) is 4.85 Å². The fraction of sp³-hybridized carbons (Fsp3) is 0.500. The third-order valence-corrected chi connectivity index (χ3v) is 2.37. The van der Waals surface area contributed by atoms with Crippen molar-refractivity contribution in [3.05, 3.63) is 34.3 Å². The van der Waals surface area contributed by atoms with Gasteiger partial charge in [-0.25, -0.2) is 10.1 Å². The predicted molar refractivity (Wildman–Crippen MR) is 56.0 cm³/mol. The van der Waals surface area contributed by atoms with Crippen LogP contribution in [0.4, 0.5) is 0 Å². The molecule has 2 nitrogen and oxygen atoms in total. The fourth-order valence-electron chi connectivity index (χ4n) is 2.05. The molecule has 1 aliphatic carbocycles. The number of nitrogens with zero attached hydrogens (tertiary/aromatic N) is 2. The topological polar surface area (TPSA) is 28.1 Å². The van der Waals surface area contributed by atoms with E-state index < -0.39 is 0 Å². The van der Waals surface area contributed by atoms with Gasteiger partial charge in [-0.3, -0.25) is 0 Å². The lowest BCUT2D eigenvalue weighted by atomic mass is 9.75. The highest BCUT2D eigenvalue weighted by Gasteiger charge is 2.25. The van der Waals surface area contributed by atoms with Crippen LogP contribution in [0.15, 0.2) is 22.9 Å². The van der Waals surface area contributed by atoms with E-state index in [1.54, 1.807) is 0 Å². The Labute approximate surface area is 85.4 Å². The minimum absolute atomic E-state index is 0.182. The molecule has 0 unspecified atom stereocenters. The molecule has 14 heavy (non-hydrogen) atoms. The van der Waals surface area contributed by atoms with E-state index >= 15 is 0 Å². The third kappa shape index (κ3) is 2.24. The molecule has 0 aromatic heterocycles. The fourth-order valence-corrected chi connectivity index (χ4v) is 2.05. The summed E-state index contributed by atoms with van der Waals surface area (Å²) in [6.07, 6.45) is 3.87. The highest BCUT2D eigenvalue weighted by atomic mass is 14.7. The number of rotatable bonds is 0. The van der Waals surface area contributed by atoms with Gasteiger partial charge in [0.15, 0.2) is 0 Å². The summed E-state index contributed by atoms with van der Waals surface area (Å²) in [6, 6.07) is 1.96. The van der Waals surface area contributed by atoms with Crippen molar-refractivity contribution in [2.75, 3.05) is 0 Å². The summed E-state index contributed by atoms with van der Waals surface area (Å²) in [7, 11) is 0. The average molecular weight is 186 g/mol. The third-order valence-electron chi connectivity index (χ3n) is 2.37. The monoisotopic (exact) mass is 186 g/mol. The van der Waals surface area contributed by atoms with Gasteiger partial charge in [0.1, 0.15) is 0 Å². The van der Waals surface area contributed by atoms with Crippen LogP contribution in [0.3, 0.4) is 0 Å². The van der Waals surface area contributed by atoms with E-state index in [1.807, 2.05) is 12.1 Å². The summed E-state index contributed by atoms with van der Waals surface area (Å²) in [5, 5.41) is 8.78. The van der Waals surface area contributed by atoms with Crippen molar-refractivity contribution in [3.63, 3.8) is 0 Å². The van der Waals surface area contributed by atoms with Crippen molar-refractivity contribution >= 4 is 0 Å². The van der Waals surface area contributed by atoms with E-state index in [9.17, 15) is 0 Å². The van der Waals surface area contributed by atoms with Gasteiger partial charge >= 0.3 is 0 Å². The highest BCUT2D eigenvalue weighted by molar-refractivity contribution is 5.42. The van der Waals surface area contributed by atoms with Gasteiger partial charge < -0.3 is 0 Å². The van der Waals surface area contributed by atoms with Crippen molar-refractivity contribution in [3.8, 4) is 6.07 Å². The molecule has 0 aromatic rings. The molecule has 0 N–H and O–H groups in total. The molecule has 0 aliphatic heterocycles. The van der Waals surface area contributed by atoms with Crippen molar-refractivity contribution in [1.29, 1.82) is 5.26 Å². The largest absolute Gasteiger partial charge is 0.265 e. The predicted octanol–water partition coefficient (Wildman–Crippen LogP) is 3.45. The Hall–Kier alpha value is -1.54. The Bertz CT molecular complexity index is 368. The molecule has 72 valence electrons. The molecular weight excluding hydrogens is 172 g/mol. The molecule has 0 amide bonds. The maximum atomic E-state index is 8.78. The second-order valence-corrected chi connectivity index (χ2v) is 4.61. The van der Waals surface area contributed by atoms with Gasteiger partial charge in [-0.1, -0.05) is 25.5 Å². The van der Waals surface area contributed by atoms with Gasteiger partial charge in [0.05, 0.1) is 12.6 Å². The first kappa shape index (κ1) is 10.5. The molecule has 0 heterocycles. The van der Waals surface area contributed by atoms with Crippen LogP contribution in [0.5, 0.6) is 0 Å². The lowest BCUT2D eigenvalue weighted by molar-refractivity contribution is 0.351. The second-order valence-electron chi connectivity index (χ2n) is 4.61. The Kier molecular flexibility index (Phi) is 2.77. The Morgan fingerprint density at radius 3 is 2.64 bits per heavy atom. The molecule has 0 atom stereocenters. The molecule has 1 rings (SSSR count). The van der Waals surface area contributed by atoms with Gasteiger partial charge in [-0.15, -0.1) is 0 Å². The average Bonchev–Trinajstić information content (AvgIpc) is 2.02. The molecule has 0 spiro atoms. The molecule has 2 heteroatoms. The molecular formula is C12H14N2. The second kappa shape index (κ2) is 3.68. The zero-order valence-electron chi connectivity index (χ0n) is 8.89. The molecule has 0 fully saturated rings. The van der Waals surface area contributed by atoms with Crippen LogP contribution in [0, 0.1) is 23.3 Å². The van der Waals surface area contributed by atoms with Crippen LogP contribution < -0.4 is 0 Å². The molecule has 0 radical (unpaired) electrons. The zero-order chi connectivity index (χ0) is 10.8. The molecule has 0 saturated heterocycles. The van der Waals surface area contributed by atoms with Crippen molar-refractivity contribution < 1.29 is 0 Å². The van der Waals surface area contributed by atoms with E-state index in [0.29, 0.717) is 0 Å². The van der Waals surface area contributed by atoms with Crippen molar-refractivity contribution in [2.24, 2.45) is 5.41 Å². The van der Waals surface area contributed by atoms with Crippen LogP contribution in [0.1, 0.15) is 33.6 Å². The molecule has 0 aromatic carbocycles. The smallest absolute Gasteiger partial charge is 0.226 e. The Balaban J connectivity index is 3.17. The Morgan fingerprint density at radius 1 is 1.57 bits per heavy atom. The van der Waals surface area contributed by atoms with E-state index in [4.69, 9.17) is 11.8 Å². The lowest BCUT2D eigenvalue weighted by Crippen LogP contribution is -2.16. The number of nitriles is 1. The van der Waals surface area contributed by atoms with E-state index in [1.165, 1.54) is 5.57 Å². The van der Waals surface area contributed by atoms with E-state index in [0.717, 1.165) is 18.4 Å². The summed E-state index contributed by atoms with van der Waals surface area (Å²) in [6.45, 7) is 13.3. The number of hydrogen-bond acceptors (Lipinski definition) is 1. The van der Waals surface area contributed by atoms with Crippen molar-refractivity contribution in [1.82, 2.24) is 0 Å². The van der Waals surface area contributed by atoms with Gasteiger partial charge in [-0.2, -0.15) is 0 Å². The maximum absolute atomic E-state index is 8.78. The summed E-state index contributed by atoms with van der Waals surface area (Å²) >= 11 is 0. The lowest BCUT2D eigenvalue weighted by Gasteiger charge is -2.30. The zero-order valence-corrected chi connectivity index (χ0v) is 8.89.